The fourth-order valence-electron chi connectivity index (χ4n) is 1.57. The Labute approximate surface area is 126 Å². The van der Waals surface area contributed by atoms with Crippen LogP contribution >= 0.6 is 22.6 Å². The van der Waals surface area contributed by atoms with Crippen LogP contribution in [0.4, 0.5) is 0 Å². The molecule has 0 spiro atoms. The highest BCUT2D eigenvalue weighted by Gasteiger charge is 2.14. The Morgan fingerprint density at radius 2 is 1.74 bits per heavy atom. The van der Waals surface area contributed by atoms with Crippen LogP contribution in [0.3, 0.4) is 0 Å². The van der Waals surface area contributed by atoms with E-state index in [2.05, 4.69) is 27.9 Å². The number of rotatable bonds is 6. The molecule has 1 N–H and O–H groups in total. The van der Waals surface area contributed by atoms with Crippen LogP contribution < -0.4 is 19.5 Å². The molecule has 0 saturated carbocycles. The summed E-state index contributed by atoms with van der Waals surface area (Å²) in [6.45, 7) is 2.26. The largest absolute Gasteiger partial charge is 0.493 e. The van der Waals surface area contributed by atoms with Gasteiger partial charge in [-0.15, -0.1) is 0 Å². The van der Waals surface area contributed by atoms with Gasteiger partial charge in [0.25, 0.3) is 0 Å². The van der Waals surface area contributed by atoms with Crippen molar-refractivity contribution < 1.29 is 19.0 Å². The topological polar surface area (TPSA) is 56.8 Å². The van der Waals surface area contributed by atoms with Gasteiger partial charge < -0.3 is 19.5 Å². The van der Waals surface area contributed by atoms with Gasteiger partial charge in [-0.3, -0.25) is 4.79 Å². The Balaban J connectivity index is 2.93. The van der Waals surface area contributed by atoms with Crippen LogP contribution in [0, 0.1) is 0 Å². The lowest BCUT2D eigenvalue weighted by Gasteiger charge is -2.14. The zero-order chi connectivity index (χ0) is 14.4. The summed E-state index contributed by atoms with van der Waals surface area (Å²) in [6, 6.07) is 3.64. The molecule has 0 saturated heterocycles. The van der Waals surface area contributed by atoms with Gasteiger partial charge >= 0.3 is 0 Å². The molecule has 5 nitrogen and oxygen atoms in total. The number of hydrogen-bond donors (Lipinski definition) is 1. The molecular weight excluding hydrogens is 361 g/mol. The third-order valence-corrected chi connectivity index (χ3v) is 3.12. The number of halogens is 1. The van der Waals surface area contributed by atoms with Gasteiger partial charge in [0.1, 0.15) is 0 Å². The first-order valence-corrected chi connectivity index (χ1v) is 6.98. The maximum absolute atomic E-state index is 11.5. The van der Waals surface area contributed by atoms with E-state index in [0.717, 1.165) is 5.56 Å². The van der Waals surface area contributed by atoms with E-state index in [1.54, 1.807) is 21.3 Å². The van der Waals surface area contributed by atoms with Crippen LogP contribution in [0.25, 0.3) is 0 Å². The summed E-state index contributed by atoms with van der Waals surface area (Å²) in [5.41, 5.74) is 0.889. The second-order valence-electron chi connectivity index (χ2n) is 3.87. The minimum Gasteiger partial charge on any atom is -0.493 e. The monoisotopic (exact) mass is 379 g/mol. The third kappa shape index (κ3) is 4.15. The zero-order valence-corrected chi connectivity index (χ0v) is 13.6. The molecule has 1 aromatic rings. The molecule has 0 heterocycles. The summed E-state index contributed by atoms with van der Waals surface area (Å²) >= 11 is 2.07. The van der Waals surface area contributed by atoms with E-state index in [1.807, 2.05) is 19.1 Å². The molecule has 0 aliphatic rings. The maximum atomic E-state index is 11.5. The van der Waals surface area contributed by atoms with E-state index in [1.165, 1.54) is 0 Å². The molecule has 0 aliphatic carbocycles. The number of amides is 1. The summed E-state index contributed by atoms with van der Waals surface area (Å²) in [5.74, 6) is 1.69. The molecule has 6 heteroatoms. The minimum atomic E-state index is -0.0698. The molecule has 0 aromatic heterocycles. The molecule has 19 heavy (non-hydrogen) atoms. The van der Waals surface area contributed by atoms with Gasteiger partial charge in [0, 0.05) is 6.54 Å². The van der Waals surface area contributed by atoms with Crippen LogP contribution in [0.5, 0.6) is 17.2 Å². The first-order valence-electron chi connectivity index (χ1n) is 5.74. The molecule has 1 rings (SSSR count). The second kappa shape index (κ2) is 7.42. The van der Waals surface area contributed by atoms with Crippen LogP contribution in [-0.4, -0.2) is 31.2 Å². The first kappa shape index (κ1) is 15.9. The fraction of sp³-hybridized carbons (Fsp3) is 0.462. The second-order valence-corrected chi connectivity index (χ2v) is 5.74. The lowest BCUT2D eigenvalue weighted by molar-refractivity contribution is -0.120. The Morgan fingerprint density at radius 1 is 1.21 bits per heavy atom. The minimum absolute atomic E-state index is 0.00523. The number of hydrogen-bond acceptors (Lipinski definition) is 4. The van der Waals surface area contributed by atoms with Crippen molar-refractivity contribution in [3.8, 4) is 17.2 Å². The van der Waals surface area contributed by atoms with Crippen LogP contribution in [-0.2, 0) is 11.3 Å². The van der Waals surface area contributed by atoms with Crippen molar-refractivity contribution in [1.29, 1.82) is 0 Å². The van der Waals surface area contributed by atoms with Crippen molar-refractivity contribution >= 4 is 28.5 Å². The average Bonchev–Trinajstić information content (AvgIpc) is 2.42. The highest BCUT2D eigenvalue weighted by atomic mass is 127. The Hall–Kier alpha value is -1.18. The van der Waals surface area contributed by atoms with Crippen molar-refractivity contribution in [1.82, 2.24) is 5.32 Å². The predicted molar refractivity (Wildman–Crippen MR) is 81.4 cm³/mol. The molecule has 0 fully saturated rings. The van der Waals surface area contributed by atoms with Crippen LogP contribution in [0.1, 0.15) is 12.5 Å². The van der Waals surface area contributed by atoms with Crippen LogP contribution in [0.15, 0.2) is 12.1 Å². The number of carbonyl (C=O) groups excluding carboxylic acids is 1. The van der Waals surface area contributed by atoms with Gasteiger partial charge in [0.05, 0.1) is 25.3 Å². The number of methoxy groups -OCH3 is 3. The lowest BCUT2D eigenvalue weighted by atomic mass is 10.1. The SMILES string of the molecule is COc1cc(CNC(=O)C(C)I)cc(OC)c1OC. The summed E-state index contributed by atoms with van der Waals surface area (Å²) in [5, 5.41) is 2.84. The number of carbonyl (C=O) groups is 1. The van der Waals surface area contributed by atoms with Gasteiger partial charge in [-0.2, -0.15) is 0 Å². The summed E-state index contributed by atoms with van der Waals surface area (Å²) in [6.07, 6.45) is 0. The van der Waals surface area contributed by atoms with Crippen molar-refractivity contribution in [2.24, 2.45) is 0 Å². The summed E-state index contributed by atoms with van der Waals surface area (Å²) in [4.78, 5) is 11.5. The molecule has 0 bridgehead atoms. The van der Waals surface area contributed by atoms with E-state index >= 15 is 0 Å². The Morgan fingerprint density at radius 3 is 2.11 bits per heavy atom. The zero-order valence-electron chi connectivity index (χ0n) is 11.5. The molecule has 1 atom stereocenters. The Kier molecular flexibility index (Phi) is 6.20. The summed E-state index contributed by atoms with van der Waals surface area (Å²) in [7, 11) is 4.68. The molecule has 106 valence electrons. The van der Waals surface area contributed by atoms with Crippen molar-refractivity contribution in [2.45, 2.75) is 17.4 Å². The van der Waals surface area contributed by atoms with E-state index in [0.29, 0.717) is 23.8 Å². The smallest absolute Gasteiger partial charge is 0.232 e. The normalized spacial score (nSPS) is 11.6. The van der Waals surface area contributed by atoms with E-state index < -0.39 is 0 Å². The average molecular weight is 379 g/mol. The first-order chi connectivity index (χ1) is 9.03. The summed E-state index contributed by atoms with van der Waals surface area (Å²) < 4.78 is 15.7. The molecule has 1 amide bonds. The molecule has 1 aromatic carbocycles. The predicted octanol–water partition coefficient (Wildman–Crippen LogP) is 2.15. The van der Waals surface area contributed by atoms with Gasteiger partial charge in [-0.05, 0) is 24.6 Å². The molecular formula is C13H18INO4. The maximum Gasteiger partial charge on any atom is 0.232 e. The molecule has 0 radical (unpaired) electrons. The van der Waals surface area contributed by atoms with Crippen LogP contribution in [0.2, 0.25) is 0 Å². The van der Waals surface area contributed by atoms with E-state index in [-0.39, 0.29) is 9.83 Å². The van der Waals surface area contributed by atoms with Gasteiger partial charge in [-0.1, -0.05) is 22.6 Å². The molecule has 1 unspecified atom stereocenters. The van der Waals surface area contributed by atoms with E-state index in [9.17, 15) is 4.79 Å². The third-order valence-electron chi connectivity index (χ3n) is 2.55. The fourth-order valence-corrected chi connectivity index (χ4v) is 1.79. The highest BCUT2D eigenvalue weighted by molar-refractivity contribution is 14.1. The molecule has 0 aliphatic heterocycles. The van der Waals surface area contributed by atoms with Crippen molar-refractivity contribution in [3.05, 3.63) is 17.7 Å². The van der Waals surface area contributed by atoms with Gasteiger partial charge in [0.2, 0.25) is 11.7 Å². The van der Waals surface area contributed by atoms with Gasteiger partial charge in [0.15, 0.2) is 11.5 Å². The number of ether oxygens (including phenoxy) is 3. The number of benzene rings is 1. The number of nitrogens with one attached hydrogen (secondary N) is 1. The van der Waals surface area contributed by atoms with Gasteiger partial charge in [-0.25, -0.2) is 0 Å². The highest BCUT2D eigenvalue weighted by Crippen LogP contribution is 2.38. The van der Waals surface area contributed by atoms with E-state index in [4.69, 9.17) is 14.2 Å². The van der Waals surface area contributed by atoms with Crippen molar-refractivity contribution in [3.63, 3.8) is 0 Å². The van der Waals surface area contributed by atoms with Crippen molar-refractivity contribution in [2.75, 3.05) is 21.3 Å². The number of alkyl halides is 1. The standard InChI is InChI=1S/C13H18INO4/c1-8(14)13(16)15-7-9-5-10(17-2)12(19-4)11(6-9)18-3/h5-6,8H,7H2,1-4H3,(H,15,16). The Bertz CT molecular complexity index is 423. The lowest BCUT2D eigenvalue weighted by Crippen LogP contribution is -2.28. The quantitative estimate of drug-likeness (QED) is 0.608.